The van der Waals surface area contributed by atoms with Gasteiger partial charge < -0.3 is 15.5 Å². The van der Waals surface area contributed by atoms with Crippen LogP contribution >= 0.6 is 0 Å². The highest BCUT2D eigenvalue weighted by molar-refractivity contribution is 7.85. The number of aliphatic hydroxyl groups excluding tert-OH is 2. The molecule has 0 aromatic heterocycles. The first-order chi connectivity index (χ1) is 18.7. The second-order valence-electron chi connectivity index (χ2n) is 11.2. The van der Waals surface area contributed by atoms with Gasteiger partial charge in [-0.2, -0.15) is 8.42 Å². The molecule has 0 aliphatic heterocycles. The molecule has 0 fully saturated rings. The Morgan fingerprint density at radius 2 is 1.08 bits per heavy atom. The van der Waals surface area contributed by atoms with E-state index in [1.807, 2.05) is 0 Å². The third kappa shape index (κ3) is 25.7. The van der Waals surface area contributed by atoms with Crippen LogP contribution in [0, 0.1) is 0 Å². The number of allylic oxidation sites excluding steroid dienone is 2. The van der Waals surface area contributed by atoms with Crippen LogP contribution in [0.15, 0.2) is 12.2 Å². The lowest BCUT2D eigenvalue weighted by Gasteiger charge is -2.24. The molecular formula is C31H61NO6S. The second kappa shape index (κ2) is 26.0. The fourth-order valence-corrected chi connectivity index (χ4v) is 5.57. The third-order valence-electron chi connectivity index (χ3n) is 7.33. The molecule has 0 spiro atoms. The van der Waals surface area contributed by atoms with Gasteiger partial charge in [-0.1, -0.05) is 129 Å². The van der Waals surface area contributed by atoms with E-state index in [4.69, 9.17) is 0 Å². The van der Waals surface area contributed by atoms with Gasteiger partial charge in [0, 0.05) is 0 Å². The number of aliphatic hydroxyl groups is 2. The Kier molecular flexibility index (Phi) is 25.3. The number of hydrogen-bond acceptors (Lipinski definition) is 5. The van der Waals surface area contributed by atoms with Gasteiger partial charge in [0.2, 0.25) is 5.91 Å². The first kappa shape index (κ1) is 38.0. The van der Waals surface area contributed by atoms with Gasteiger partial charge in [-0.3, -0.25) is 9.35 Å². The smallest absolute Gasteiger partial charge is 0.266 e. The molecule has 3 atom stereocenters. The van der Waals surface area contributed by atoms with Gasteiger partial charge >= 0.3 is 0 Å². The van der Waals surface area contributed by atoms with Gasteiger partial charge in [-0.05, 0) is 38.5 Å². The van der Waals surface area contributed by atoms with Crippen molar-refractivity contribution in [3.63, 3.8) is 0 Å². The number of amides is 1. The zero-order valence-electron chi connectivity index (χ0n) is 25.1. The fraction of sp³-hybridized carbons (Fsp3) is 0.903. The Morgan fingerprint density at radius 1 is 0.667 bits per heavy atom. The van der Waals surface area contributed by atoms with E-state index < -0.39 is 40.0 Å². The maximum Gasteiger partial charge on any atom is 0.266 e. The van der Waals surface area contributed by atoms with Crippen LogP contribution in [0.3, 0.4) is 0 Å². The van der Waals surface area contributed by atoms with Crippen LogP contribution in [0.5, 0.6) is 0 Å². The van der Waals surface area contributed by atoms with Gasteiger partial charge in [0.25, 0.3) is 10.1 Å². The van der Waals surface area contributed by atoms with Crippen molar-refractivity contribution in [2.24, 2.45) is 0 Å². The number of nitrogens with one attached hydrogen (secondary N) is 1. The quantitative estimate of drug-likeness (QED) is 0.0442. The van der Waals surface area contributed by atoms with Crippen molar-refractivity contribution in [2.45, 2.75) is 173 Å². The topological polar surface area (TPSA) is 124 Å². The molecule has 0 radical (unpaired) electrons. The lowest BCUT2D eigenvalue weighted by molar-refractivity contribution is -0.131. The maximum atomic E-state index is 12.4. The Balaban J connectivity index is 3.98. The molecule has 0 aliphatic carbocycles. The number of hydrogen-bond donors (Lipinski definition) is 4. The van der Waals surface area contributed by atoms with Gasteiger partial charge in [-0.15, -0.1) is 0 Å². The average molecular weight is 576 g/mol. The van der Waals surface area contributed by atoms with E-state index >= 15 is 0 Å². The summed E-state index contributed by atoms with van der Waals surface area (Å²) in [5, 5.41) is 23.1. The Labute approximate surface area is 240 Å². The zero-order valence-corrected chi connectivity index (χ0v) is 25.9. The highest BCUT2D eigenvalue weighted by Gasteiger charge is 2.28. The van der Waals surface area contributed by atoms with Crippen molar-refractivity contribution >= 4 is 16.0 Å². The van der Waals surface area contributed by atoms with Crippen molar-refractivity contribution in [1.82, 2.24) is 5.32 Å². The predicted octanol–water partition coefficient (Wildman–Crippen LogP) is 7.26. The molecule has 0 aromatic carbocycles. The van der Waals surface area contributed by atoms with Crippen molar-refractivity contribution in [2.75, 3.05) is 5.75 Å². The number of unbranched alkanes of at least 4 members (excludes halogenated alkanes) is 17. The fourth-order valence-electron chi connectivity index (χ4n) is 4.81. The summed E-state index contributed by atoms with van der Waals surface area (Å²) < 4.78 is 32.0. The molecule has 7 nitrogen and oxygen atoms in total. The van der Waals surface area contributed by atoms with Crippen molar-refractivity contribution in [3.8, 4) is 0 Å². The van der Waals surface area contributed by atoms with E-state index in [-0.39, 0.29) is 6.42 Å². The van der Waals surface area contributed by atoms with Crippen molar-refractivity contribution < 1.29 is 28.0 Å². The second-order valence-corrected chi connectivity index (χ2v) is 12.7. The van der Waals surface area contributed by atoms with Crippen LogP contribution in [-0.2, 0) is 14.9 Å². The zero-order chi connectivity index (χ0) is 29.2. The molecule has 3 unspecified atom stereocenters. The molecule has 4 N–H and O–H groups in total. The van der Waals surface area contributed by atoms with Crippen LogP contribution in [0.2, 0.25) is 0 Å². The largest absolute Gasteiger partial charge is 0.391 e. The Morgan fingerprint density at radius 3 is 1.54 bits per heavy atom. The van der Waals surface area contributed by atoms with Crippen molar-refractivity contribution in [1.29, 1.82) is 0 Å². The van der Waals surface area contributed by atoms with Crippen LogP contribution in [0.4, 0.5) is 0 Å². The summed E-state index contributed by atoms with van der Waals surface area (Å²) in [5.41, 5.74) is 0. The van der Waals surface area contributed by atoms with Crippen LogP contribution in [-0.4, -0.2) is 53.1 Å². The van der Waals surface area contributed by atoms with Gasteiger partial charge in [0.15, 0.2) is 0 Å². The molecule has 1 amide bonds. The van der Waals surface area contributed by atoms with E-state index in [0.717, 1.165) is 57.8 Å². The van der Waals surface area contributed by atoms with Crippen LogP contribution in [0.25, 0.3) is 0 Å². The summed E-state index contributed by atoms with van der Waals surface area (Å²) >= 11 is 0. The van der Waals surface area contributed by atoms with E-state index in [0.29, 0.717) is 19.3 Å². The van der Waals surface area contributed by atoms with E-state index in [1.165, 1.54) is 57.8 Å². The summed E-state index contributed by atoms with van der Waals surface area (Å²) in [7, 11) is -4.39. The normalized spacial score (nSPS) is 14.5. The molecule has 0 heterocycles. The van der Waals surface area contributed by atoms with Crippen LogP contribution in [0.1, 0.15) is 155 Å². The Hall–Kier alpha value is -0.960. The minimum absolute atomic E-state index is 0.284. The molecule has 232 valence electrons. The average Bonchev–Trinajstić information content (AvgIpc) is 2.88. The molecule has 0 saturated carbocycles. The van der Waals surface area contributed by atoms with Gasteiger partial charge in [0.05, 0.1) is 17.9 Å². The lowest BCUT2D eigenvalue weighted by Crippen LogP contribution is -2.50. The molecular weight excluding hydrogens is 514 g/mol. The first-order valence-electron chi connectivity index (χ1n) is 16.0. The third-order valence-corrected chi connectivity index (χ3v) is 8.11. The molecule has 0 aliphatic rings. The number of carbonyl (C=O) groups excluding carboxylic acids is 1. The van der Waals surface area contributed by atoms with E-state index in [9.17, 15) is 28.0 Å². The highest BCUT2D eigenvalue weighted by atomic mass is 32.2. The predicted molar refractivity (Wildman–Crippen MR) is 162 cm³/mol. The van der Waals surface area contributed by atoms with Crippen LogP contribution < -0.4 is 5.32 Å². The highest BCUT2D eigenvalue weighted by Crippen LogP contribution is 2.14. The number of rotatable bonds is 28. The lowest BCUT2D eigenvalue weighted by atomic mass is 10.0. The summed E-state index contributed by atoms with van der Waals surface area (Å²) in [4.78, 5) is 12.4. The minimum atomic E-state index is -4.39. The summed E-state index contributed by atoms with van der Waals surface area (Å²) in [6.07, 6.45) is 25.7. The monoisotopic (exact) mass is 575 g/mol. The summed E-state index contributed by atoms with van der Waals surface area (Å²) in [6, 6.07) is -1.14. The summed E-state index contributed by atoms with van der Waals surface area (Å²) in [5.74, 6) is -1.47. The van der Waals surface area contributed by atoms with Gasteiger partial charge in [-0.25, -0.2) is 0 Å². The summed E-state index contributed by atoms with van der Waals surface area (Å²) in [6.45, 7) is 4.36. The van der Waals surface area contributed by atoms with E-state index in [1.54, 1.807) is 0 Å². The number of carbonyl (C=O) groups is 1. The molecule has 0 saturated heterocycles. The maximum absolute atomic E-state index is 12.4. The molecule has 0 rings (SSSR count). The first-order valence-corrected chi connectivity index (χ1v) is 17.6. The molecule has 0 bridgehead atoms. The minimum Gasteiger partial charge on any atom is -0.391 e. The SMILES string of the molecule is CCCCCCCCCCC/C=C\CCCCCCC(O)C(=O)NC(CS(=O)(=O)O)C(O)CCCCCCC. The Bertz CT molecular complexity index is 697. The standard InChI is InChI=1S/C31H61NO6S/c1-3-5-7-9-10-11-12-13-14-15-16-17-18-19-20-22-24-26-30(34)31(35)32-28(27-39(36,37)38)29(33)25-23-21-8-6-4-2/h16-17,28-30,33-34H,3-15,18-27H2,1-2H3,(H,32,35)(H,36,37,38)/b17-16-. The molecule has 8 heteroatoms. The molecule has 0 aromatic rings. The molecule has 39 heavy (non-hydrogen) atoms. The van der Waals surface area contributed by atoms with Gasteiger partial charge in [0.1, 0.15) is 6.10 Å². The van der Waals surface area contributed by atoms with E-state index in [2.05, 4.69) is 31.3 Å². The van der Waals surface area contributed by atoms with Crippen molar-refractivity contribution in [3.05, 3.63) is 12.2 Å².